The van der Waals surface area contributed by atoms with E-state index in [0.29, 0.717) is 23.8 Å². The summed E-state index contributed by atoms with van der Waals surface area (Å²) in [5.41, 5.74) is 0.579. The first-order chi connectivity index (χ1) is 10.2. The van der Waals surface area contributed by atoms with Crippen molar-refractivity contribution in [1.29, 1.82) is 0 Å². The molecule has 0 spiro atoms. The Balaban J connectivity index is 1.58. The van der Waals surface area contributed by atoms with Gasteiger partial charge in [0.1, 0.15) is 24.0 Å². The van der Waals surface area contributed by atoms with E-state index in [4.69, 9.17) is 4.74 Å². The average molecular weight is 288 g/mol. The Bertz CT molecular complexity index is 729. The van der Waals surface area contributed by atoms with Crippen LogP contribution in [0, 0.1) is 5.82 Å². The van der Waals surface area contributed by atoms with Crippen molar-refractivity contribution in [2.45, 2.75) is 13.0 Å². The third-order valence-corrected chi connectivity index (χ3v) is 2.78. The van der Waals surface area contributed by atoms with Gasteiger partial charge >= 0.3 is 0 Å². The second-order valence-corrected chi connectivity index (χ2v) is 4.56. The number of rotatable bonds is 5. The molecular weight excluding hydrogens is 275 g/mol. The molecule has 0 amide bonds. The summed E-state index contributed by atoms with van der Waals surface area (Å²) in [6.45, 7) is 2.37. The van der Waals surface area contributed by atoms with Gasteiger partial charge < -0.3 is 10.1 Å². The maximum absolute atomic E-state index is 12.8. The molecule has 8 heteroatoms. The monoisotopic (exact) mass is 288 g/mol. The van der Waals surface area contributed by atoms with Crippen LogP contribution in [0.3, 0.4) is 0 Å². The van der Waals surface area contributed by atoms with Crippen LogP contribution in [0.25, 0.3) is 5.65 Å². The van der Waals surface area contributed by atoms with E-state index < -0.39 is 0 Å². The van der Waals surface area contributed by atoms with Crippen molar-refractivity contribution >= 4 is 11.5 Å². The summed E-state index contributed by atoms with van der Waals surface area (Å²) in [4.78, 5) is 0. The number of nitrogens with zero attached hydrogens (tertiary/aromatic N) is 5. The number of tetrazole rings is 1. The summed E-state index contributed by atoms with van der Waals surface area (Å²) in [5.74, 6) is 0.978. The van der Waals surface area contributed by atoms with E-state index in [-0.39, 0.29) is 11.9 Å². The fraction of sp³-hybridized carbons (Fsp3) is 0.231. The van der Waals surface area contributed by atoms with Crippen molar-refractivity contribution in [3.8, 4) is 5.75 Å². The third-order valence-electron chi connectivity index (χ3n) is 2.78. The Morgan fingerprint density at radius 3 is 2.86 bits per heavy atom. The van der Waals surface area contributed by atoms with Gasteiger partial charge in [-0.15, -0.1) is 14.8 Å². The van der Waals surface area contributed by atoms with Crippen molar-refractivity contribution in [3.05, 3.63) is 42.2 Å². The lowest BCUT2D eigenvalue weighted by Crippen LogP contribution is -2.24. The second-order valence-electron chi connectivity index (χ2n) is 4.56. The molecule has 3 rings (SSSR count). The lowest BCUT2D eigenvalue weighted by atomic mass is 10.3. The van der Waals surface area contributed by atoms with E-state index in [2.05, 4.69) is 25.9 Å². The maximum atomic E-state index is 12.8. The molecule has 0 aliphatic heterocycles. The first-order valence-electron chi connectivity index (χ1n) is 6.41. The predicted octanol–water partition coefficient (Wildman–Crippen LogP) is 1.54. The number of nitrogens with one attached hydrogen (secondary N) is 1. The zero-order valence-electron chi connectivity index (χ0n) is 11.3. The molecule has 21 heavy (non-hydrogen) atoms. The van der Waals surface area contributed by atoms with Crippen molar-refractivity contribution in [2.75, 3.05) is 11.9 Å². The highest BCUT2D eigenvalue weighted by Crippen LogP contribution is 2.12. The van der Waals surface area contributed by atoms with Gasteiger partial charge in [-0.2, -0.15) is 0 Å². The largest absolute Gasteiger partial charge is 0.491 e. The van der Waals surface area contributed by atoms with Crippen molar-refractivity contribution in [1.82, 2.24) is 25.3 Å². The topological polar surface area (TPSA) is 77.2 Å². The van der Waals surface area contributed by atoms with Gasteiger partial charge in [0.25, 0.3) is 0 Å². The summed E-state index contributed by atoms with van der Waals surface area (Å²) in [6.07, 6.45) is 0. The molecule has 1 N–H and O–H groups in total. The summed E-state index contributed by atoms with van der Waals surface area (Å²) in [5, 5.41) is 18.4. The molecule has 0 radical (unpaired) electrons. The van der Waals surface area contributed by atoms with E-state index in [1.54, 1.807) is 24.3 Å². The fourth-order valence-corrected chi connectivity index (χ4v) is 1.77. The van der Waals surface area contributed by atoms with E-state index >= 15 is 0 Å². The number of ether oxygens (including phenoxy) is 1. The fourth-order valence-electron chi connectivity index (χ4n) is 1.77. The molecule has 2 aromatic heterocycles. The molecule has 0 aliphatic rings. The highest BCUT2D eigenvalue weighted by Gasteiger charge is 2.06. The smallest absolute Gasteiger partial charge is 0.200 e. The SMILES string of the molecule is CC(COc1ccc(F)cc1)Nc1ccc2nnnn2n1. The maximum Gasteiger partial charge on any atom is 0.200 e. The van der Waals surface area contributed by atoms with Crippen LogP contribution in [0.4, 0.5) is 10.2 Å². The van der Waals surface area contributed by atoms with E-state index in [9.17, 15) is 4.39 Å². The van der Waals surface area contributed by atoms with E-state index in [0.717, 1.165) is 0 Å². The minimum atomic E-state index is -0.285. The Labute approximate surface area is 119 Å². The highest BCUT2D eigenvalue weighted by molar-refractivity contribution is 5.42. The van der Waals surface area contributed by atoms with Gasteiger partial charge in [-0.05, 0) is 53.7 Å². The number of halogens is 1. The molecule has 1 unspecified atom stereocenters. The van der Waals surface area contributed by atoms with Gasteiger partial charge in [0.15, 0.2) is 5.65 Å². The van der Waals surface area contributed by atoms with Crippen LogP contribution in [0.1, 0.15) is 6.92 Å². The molecule has 1 aromatic carbocycles. The van der Waals surface area contributed by atoms with Crippen molar-refractivity contribution in [3.63, 3.8) is 0 Å². The normalized spacial score (nSPS) is 12.3. The molecule has 108 valence electrons. The standard InChI is InChI=1S/C13H13FN6O/c1-9(8-21-11-4-2-10(14)3-5-11)15-12-6-7-13-16-18-19-20(13)17-12/h2-7,9H,8H2,1H3,(H,15,17). The van der Waals surface area contributed by atoms with Gasteiger partial charge in [0.05, 0.1) is 6.04 Å². The van der Waals surface area contributed by atoms with Gasteiger partial charge in [0, 0.05) is 0 Å². The van der Waals surface area contributed by atoms with Crippen molar-refractivity contribution < 1.29 is 9.13 Å². The minimum absolute atomic E-state index is 0.0106. The summed E-state index contributed by atoms with van der Waals surface area (Å²) in [7, 11) is 0. The second kappa shape index (κ2) is 5.70. The first-order valence-corrected chi connectivity index (χ1v) is 6.41. The lowest BCUT2D eigenvalue weighted by molar-refractivity contribution is 0.303. The molecular formula is C13H13FN6O. The van der Waals surface area contributed by atoms with Gasteiger partial charge in [-0.1, -0.05) is 0 Å². The molecule has 7 nitrogen and oxygen atoms in total. The van der Waals surface area contributed by atoms with Crippen LogP contribution in [-0.2, 0) is 0 Å². The number of hydrogen-bond acceptors (Lipinski definition) is 6. The lowest BCUT2D eigenvalue weighted by Gasteiger charge is -2.15. The summed E-state index contributed by atoms with van der Waals surface area (Å²) in [6, 6.07) is 9.47. The molecule has 0 fully saturated rings. The van der Waals surface area contributed by atoms with Gasteiger partial charge in [-0.25, -0.2) is 4.39 Å². The highest BCUT2D eigenvalue weighted by atomic mass is 19.1. The van der Waals surface area contributed by atoms with E-state index in [1.807, 2.05) is 6.92 Å². The molecule has 0 saturated heterocycles. The number of fused-ring (bicyclic) bond motifs is 1. The van der Waals surface area contributed by atoms with Crippen LogP contribution >= 0.6 is 0 Å². The first kappa shape index (κ1) is 13.2. The molecule has 1 atom stereocenters. The van der Waals surface area contributed by atoms with Gasteiger partial charge in [-0.3, -0.25) is 0 Å². The average Bonchev–Trinajstić information content (AvgIpc) is 2.94. The molecule has 0 bridgehead atoms. The molecule has 0 aliphatic carbocycles. The van der Waals surface area contributed by atoms with Crippen LogP contribution in [-0.4, -0.2) is 37.9 Å². The molecule has 2 heterocycles. The molecule has 0 saturated carbocycles. The predicted molar refractivity (Wildman–Crippen MR) is 73.6 cm³/mol. The van der Waals surface area contributed by atoms with Gasteiger partial charge in [0.2, 0.25) is 0 Å². The molecule has 3 aromatic rings. The summed E-state index contributed by atoms with van der Waals surface area (Å²) >= 11 is 0. The van der Waals surface area contributed by atoms with E-state index in [1.165, 1.54) is 16.8 Å². The van der Waals surface area contributed by atoms with Crippen LogP contribution < -0.4 is 10.1 Å². The third kappa shape index (κ3) is 3.22. The zero-order valence-corrected chi connectivity index (χ0v) is 11.3. The Morgan fingerprint density at radius 1 is 1.24 bits per heavy atom. The number of benzene rings is 1. The zero-order chi connectivity index (χ0) is 14.7. The van der Waals surface area contributed by atoms with Crippen molar-refractivity contribution in [2.24, 2.45) is 0 Å². The van der Waals surface area contributed by atoms with Crippen LogP contribution in [0.2, 0.25) is 0 Å². The Morgan fingerprint density at radius 2 is 2.05 bits per heavy atom. The van der Waals surface area contributed by atoms with Crippen LogP contribution in [0.15, 0.2) is 36.4 Å². The Hall–Kier alpha value is -2.77. The number of aromatic nitrogens is 5. The summed E-state index contributed by atoms with van der Waals surface area (Å²) < 4.78 is 19.7. The minimum Gasteiger partial charge on any atom is -0.491 e. The van der Waals surface area contributed by atoms with Crippen LogP contribution in [0.5, 0.6) is 5.75 Å². The quantitative estimate of drug-likeness (QED) is 0.767. The number of hydrogen-bond donors (Lipinski definition) is 1. The number of anilines is 1. The Kier molecular flexibility index (Phi) is 3.59.